The minimum Gasteiger partial charge on any atom is -0.370 e. The Morgan fingerprint density at radius 3 is 2.80 bits per heavy atom. The van der Waals surface area contributed by atoms with Crippen LogP contribution in [0.1, 0.15) is 40.0 Å². The molecule has 1 aliphatic rings. The van der Waals surface area contributed by atoms with Gasteiger partial charge >= 0.3 is 0 Å². The molecule has 1 atom stereocenters. The maximum Gasteiger partial charge on any atom is 0.241 e. The molecule has 0 saturated heterocycles. The first-order valence-electron chi connectivity index (χ1n) is 7.07. The van der Waals surface area contributed by atoms with Gasteiger partial charge in [-0.1, -0.05) is 20.3 Å². The Kier molecular flexibility index (Phi) is 4.34. The molecule has 1 aromatic heterocycles. The zero-order chi connectivity index (χ0) is 14.8. The Hall–Kier alpha value is -1.14. The Morgan fingerprint density at radius 1 is 1.45 bits per heavy atom. The zero-order valence-corrected chi connectivity index (χ0v) is 13.1. The van der Waals surface area contributed by atoms with Crippen molar-refractivity contribution in [3.05, 3.63) is 18.3 Å². The Morgan fingerprint density at radius 2 is 2.20 bits per heavy atom. The fourth-order valence-electron chi connectivity index (χ4n) is 2.66. The van der Waals surface area contributed by atoms with E-state index in [9.17, 15) is 8.42 Å². The molecule has 1 aliphatic carbocycles. The quantitative estimate of drug-likeness (QED) is 0.875. The van der Waals surface area contributed by atoms with Crippen molar-refractivity contribution in [1.29, 1.82) is 0 Å². The smallest absolute Gasteiger partial charge is 0.241 e. The first-order valence-corrected chi connectivity index (χ1v) is 8.56. The molecule has 0 aliphatic heterocycles. The van der Waals surface area contributed by atoms with Crippen LogP contribution in [-0.4, -0.2) is 26.0 Å². The van der Waals surface area contributed by atoms with Gasteiger partial charge < -0.3 is 5.32 Å². The number of sulfonamides is 1. The SMILES string of the molecule is CCNc1cc(S(=O)(=O)NC2CCCC2(C)C)ccn1. The summed E-state index contributed by atoms with van der Waals surface area (Å²) in [4.78, 5) is 4.37. The van der Waals surface area contributed by atoms with Crippen LogP contribution in [0.4, 0.5) is 5.82 Å². The first kappa shape index (κ1) is 15.3. The first-order chi connectivity index (χ1) is 9.35. The highest BCUT2D eigenvalue weighted by atomic mass is 32.2. The van der Waals surface area contributed by atoms with Gasteiger partial charge in [-0.3, -0.25) is 0 Å². The van der Waals surface area contributed by atoms with Crippen molar-refractivity contribution in [2.75, 3.05) is 11.9 Å². The number of hydrogen-bond acceptors (Lipinski definition) is 4. The summed E-state index contributed by atoms with van der Waals surface area (Å²) in [7, 11) is -3.49. The van der Waals surface area contributed by atoms with Crippen LogP contribution in [0.15, 0.2) is 23.2 Å². The highest BCUT2D eigenvalue weighted by Gasteiger charge is 2.37. The molecular formula is C14H23N3O2S. The highest BCUT2D eigenvalue weighted by Crippen LogP contribution is 2.37. The summed E-state index contributed by atoms with van der Waals surface area (Å²) in [6, 6.07) is 3.11. The van der Waals surface area contributed by atoms with E-state index in [0.717, 1.165) is 19.3 Å². The number of pyridine rings is 1. The van der Waals surface area contributed by atoms with Crippen molar-refractivity contribution in [2.24, 2.45) is 5.41 Å². The van der Waals surface area contributed by atoms with E-state index >= 15 is 0 Å². The number of anilines is 1. The van der Waals surface area contributed by atoms with Crippen LogP contribution < -0.4 is 10.0 Å². The molecule has 2 N–H and O–H groups in total. The summed E-state index contributed by atoms with van der Waals surface area (Å²) < 4.78 is 27.8. The Balaban J connectivity index is 2.20. The predicted octanol–water partition coefficient (Wildman–Crippen LogP) is 2.37. The van der Waals surface area contributed by atoms with Gasteiger partial charge in [-0.2, -0.15) is 0 Å². The molecule has 6 heteroatoms. The molecule has 1 saturated carbocycles. The molecule has 0 bridgehead atoms. The Bertz CT molecular complexity index is 570. The molecule has 0 radical (unpaired) electrons. The predicted molar refractivity (Wildman–Crippen MR) is 80.1 cm³/mol. The second-order valence-electron chi connectivity index (χ2n) is 5.96. The third-order valence-electron chi connectivity index (χ3n) is 3.95. The van der Waals surface area contributed by atoms with E-state index in [1.54, 1.807) is 6.07 Å². The third kappa shape index (κ3) is 3.30. The van der Waals surface area contributed by atoms with E-state index in [-0.39, 0.29) is 16.4 Å². The van der Waals surface area contributed by atoms with E-state index in [1.807, 2.05) is 6.92 Å². The lowest BCUT2D eigenvalue weighted by Crippen LogP contribution is -2.41. The number of nitrogens with zero attached hydrogens (tertiary/aromatic N) is 1. The average molecular weight is 297 g/mol. The monoisotopic (exact) mass is 297 g/mol. The van der Waals surface area contributed by atoms with Crippen LogP contribution in [0, 0.1) is 5.41 Å². The molecule has 20 heavy (non-hydrogen) atoms. The van der Waals surface area contributed by atoms with E-state index in [1.165, 1.54) is 12.3 Å². The standard InChI is InChI=1S/C14H23N3O2S/c1-4-15-13-10-11(7-9-16-13)20(18,19)17-12-6-5-8-14(12,2)3/h7,9-10,12,17H,4-6,8H2,1-3H3,(H,15,16). The van der Waals surface area contributed by atoms with Gasteiger partial charge in [0.1, 0.15) is 5.82 Å². The minimum absolute atomic E-state index is 0.00301. The molecule has 0 amide bonds. The van der Waals surface area contributed by atoms with Crippen molar-refractivity contribution in [3.63, 3.8) is 0 Å². The van der Waals surface area contributed by atoms with Gasteiger partial charge in [0.05, 0.1) is 4.90 Å². The van der Waals surface area contributed by atoms with E-state index in [2.05, 4.69) is 28.9 Å². The second-order valence-corrected chi connectivity index (χ2v) is 7.68. The summed E-state index contributed by atoms with van der Waals surface area (Å²) in [5.41, 5.74) is 0.0185. The van der Waals surface area contributed by atoms with Gasteiger partial charge in [0, 0.05) is 24.8 Å². The van der Waals surface area contributed by atoms with Crippen molar-refractivity contribution in [3.8, 4) is 0 Å². The van der Waals surface area contributed by atoms with Crippen LogP contribution in [0.25, 0.3) is 0 Å². The number of hydrogen-bond donors (Lipinski definition) is 2. The van der Waals surface area contributed by atoms with Gasteiger partial charge in [-0.25, -0.2) is 18.1 Å². The summed E-state index contributed by atoms with van der Waals surface area (Å²) in [6.45, 7) is 6.88. The van der Waals surface area contributed by atoms with Gasteiger partial charge in [0.25, 0.3) is 0 Å². The van der Waals surface area contributed by atoms with E-state index in [0.29, 0.717) is 12.4 Å². The lowest BCUT2D eigenvalue weighted by molar-refractivity contribution is 0.313. The molecular weight excluding hydrogens is 274 g/mol. The normalized spacial score (nSPS) is 21.9. The number of aromatic nitrogens is 1. The summed E-state index contributed by atoms with van der Waals surface area (Å²) in [5.74, 6) is 0.584. The van der Waals surface area contributed by atoms with Crippen molar-refractivity contribution in [1.82, 2.24) is 9.71 Å². The van der Waals surface area contributed by atoms with Gasteiger partial charge in [0.2, 0.25) is 10.0 Å². The number of nitrogens with one attached hydrogen (secondary N) is 2. The van der Waals surface area contributed by atoms with Gasteiger partial charge in [-0.15, -0.1) is 0 Å². The highest BCUT2D eigenvalue weighted by molar-refractivity contribution is 7.89. The van der Waals surface area contributed by atoms with Crippen LogP contribution >= 0.6 is 0 Å². The topological polar surface area (TPSA) is 71.1 Å². The van der Waals surface area contributed by atoms with Crippen molar-refractivity contribution in [2.45, 2.75) is 51.0 Å². The third-order valence-corrected chi connectivity index (χ3v) is 5.42. The van der Waals surface area contributed by atoms with E-state index in [4.69, 9.17) is 0 Å². The Labute approximate surface area is 121 Å². The molecule has 0 spiro atoms. The van der Waals surface area contributed by atoms with Crippen LogP contribution in [-0.2, 0) is 10.0 Å². The number of rotatable bonds is 5. The van der Waals surface area contributed by atoms with Crippen LogP contribution in [0.5, 0.6) is 0 Å². The van der Waals surface area contributed by atoms with Crippen molar-refractivity contribution < 1.29 is 8.42 Å². The van der Waals surface area contributed by atoms with Crippen LogP contribution in [0.2, 0.25) is 0 Å². The largest absolute Gasteiger partial charge is 0.370 e. The fraction of sp³-hybridized carbons (Fsp3) is 0.643. The minimum atomic E-state index is -3.49. The maximum absolute atomic E-state index is 12.5. The molecule has 1 unspecified atom stereocenters. The summed E-state index contributed by atoms with van der Waals surface area (Å²) in [5, 5.41) is 3.03. The maximum atomic E-state index is 12.5. The second kappa shape index (κ2) is 5.69. The zero-order valence-electron chi connectivity index (χ0n) is 12.3. The van der Waals surface area contributed by atoms with Crippen LogP contribution in [0.3, 0.4) is 0 Å². The fourth-order valence-corrected chi connectivity index (χ4v) is 4.11. The van der Waals surface area contributed by atoms with E-state index < -0.39 is 10.0 Å². The lowest BCUT2D eigenvalue weighted by Gasteiger charge is -2.27. The summed E-state index contributed by atoms with van der Waals surface area (Å²) >= 11 is 0. The summed E-state index contributed by atoms with van der Waals surface area (Å²) in [6.07, 6.45) is 4.54. The molecule has 1 heterocycles. The molecule has 5 nitrogen and oxygen atoms in total. The molecule has 1 aromatic rings. The van der Waals surface area contributed by atoms with Gasteiger partial charge in [0.15, 0.2) is 0 Å². The molecule has 2 rings (SSSR count). The van der Waals surface area contributed by atoms with Gasteiger partial charge in [-0.05, 0) is 31.2 Å². The molecule has 1 fully saturated rings. The molecule has 112 valence electrons. The lowest BCUT2D eigenvalue weighted by atomic mass is 9.88. The average Bonchev–Trinajstić information content (AvgIpc) is 2.69. The molecule has 0 aromatic carbocycles. The van der Waals surface area contributed by atoms with Crippen molar-refractivity contribution >= 4 is 15.8 Å².